The molecule has 0 atom stereocenters. The van der Waals surface area contributed by atoms with Crippen molar-refractivity contribution >= 4 is 11.9 Å². The summed E-state index contributed by atoms with van der Waals surface area (Å²) in [7, 11) is 0. The van der Waals surface area contributed by atoms with Gasteiger partial charge in [0.1, 0.15) is 5.97 Å². The van der Waals surface area contributed by atoms with Crippen LogP contribution in [0.4, 0.5) is 0 Å². The maximum Gasteiger partial charge on any atom is 2.00 e. The van der Waals surface area contributed by atoms with Gasteiger partial charge in [-0.25, -0.2) is 0 Å². The Hall–Kier alpha value is -0.328. The fourth-order valence-corrected chi connectivity index (χ4v) is 0.642. The topological polar surface area (TPSA) is 43.4 Å². The van der Waals surface area contributed by atoms with E-state index in [2.05, 4.69) is 10.8 Å². The summed E-state index contributed by atoms with van der Waals surface area (Å²) in [5.41, 5.74) is 0.383. The first-order valence-corrected chi connectivity index (χ1v) is 3.36. The quantitative estimate of drug-likeness (QED) is 0.229. The molecule has 4 heteroatoms. The molecule has 0 aromatic rings. The molecule has 0 aliphatic rings. The molecule has 0 rings (SSSR count). The van der Waals surface area contributed by atoms with E-state index in [-0.39, 0.29) is 42.3 Å². The van der Waals surface area contributed by atoms with E-state index in [1.54, 1.807) is 0 Å². The number of hydrogen-bond donors (Lipinski definition) is 0. The van der Waals surface area contributed by atoms with Crippen LogP contribution in [0.15, 0.2) is 11.1 Å². The Balaban J connectivity index is 0. The van der Waals surface area contributed by atoms with E-state index in [4.69, 9.17) is 6.58 Å². The van der Waals surface area contributed by atoms with E-state index in [0.29, 0.717) is 0 Å². The van der Waals surface area contributed by atoms with Gasteiger partial charge in [0.2, 0.25) is 0 Å². The molecular weight excluding hydrogens is 394 g/mol. The normalized spacial score (nSPS) is 9.92. The third kappa shape index (κ3) is 5.84. The summed E-state index contributed by atoms with van der Waals surface area (Å²) in [5, 5.41) is 0. The SMILES string of the molecule is [CH-]=C(C)C(=[C-]C)C(=O)OC(C)=O.[U+2]. The predicted molar refractivity (Wildman–Crippen MR) is 42.7 cm³/mol. The van der Waals surface area contributed by atoms with Crippen LogP contribution in [0.1, 0.15) is 20.8 Å². The number of rotatable bonds is 2. The molecule has 0 aromatic heterocycles. The number of hydrogen-bond acceptors (Lipinski definition) is 3. The van der Waals surface area contributed by atoms with Gasteiger partial charge in [0.05, 0.1) is 0 Å². The summed E-state index contributed by atoms with van der Waals surface area (Å²) in [6.45, 7) is 9.53. The smallest absolute Gasteiger partial charge is 0.469 e. The van der Waals surface area contributed by atoms with Crippen LogP contribution in [0.25, 0.3) is 0 Å². The number of allylic oxidation sites excluding steroid dienone is 1. The summed E-state index contributed by atoms with van der Waals surface area (Å²) in [5.74, 6) is -1.42. The second-order valence-corrected chi connectivity index (χ2v) is 2.19. The summed E-state index contributed by atoms with van der Waals surface area (Å²) < 4.78 is 4.29. The zero-order valence-electron chi connectivity index (χ0n) is 7.80. The second kappa shape index (κ2) is 7.11. The van der Waals surface area contributed by atoms with Crippen LogP contribution >= 0.6 is 0 Å². The Kier molecular flexibility index (Phi) is 8.29. The molecule has 0 saturated heterocycles. The largest absolute Gasteiger partial charge is 2.00 e. The summed E-state index contributed by atoms with van der Waals surface area (Å²) >= 11 is 0. The molecular formula is C9H10O3U. The van der Waals surface area contributed by atoms with Gasteiger partial charge in [0, 0.05) is 6.92 Å². The Bertz CT molecular complexity index is 254. The second-order valence-electron chi connectivity index (χ2n) is 2.19. The fourth-order valence-electron chi connectivity index (χ4n) is 0.642. The zero-order valence-corrected chi connectivity index (χ0v) is 12.0. The van der Waals surface area contributed by atoms with E-state index in [1.165, 1.54) is 13.8 Å². The van der Waals surface area contributed by atoms with Crippen molar-refractivity contribution in [3.8, 4) is 0 Å². The van der Waals surface area contributed by atoms with Crippen LogP contribution < -0.4 is 0 Å². The molecule has 0 saturated carbocycles. The van der Waals surface area contributed by atoms with Gasteiger partial charge in [-0.3, -0.25) is 16.4 Å². The van der Waals surface area contributed by atoms with Gasteiger partial charge in [0.15, 0.2) is 0 Å². The minimum Gasteiger partial charge on any atom is -0.469 e. The van der Waals surface area contributed by atoms with Crippen molar-refractivity contribution in [3.63, 3.8) is 0 Å². The maximum absolute atomic E-state index is 11.0. The van der Waals surface area contributed by atoms with Gasteiger partial charge in [-0.05, 0) is 0 Å². The van der Waals surface area contributed by atoms with Gasteiger partial charge in [0.25, 0.3) is 5.97 Å². The minimum atomic E-state index is -0.759. The molecule has 0 aromatic carbocycles. The van der Waals surface area contributed by atoms with Crippen LogP contribution in [0.5, 0.6) is 0 Å². The van der Waals surface area contributed by atoms with Gasteiger partial charge in [-0.15, -0.1) is 13.8 Å². The van der Waals surface area contributed by atoms with E-state index < -0.39 is 11.9 Å². The maximum atomic E-state index is 11.0. The molecule has 0 N–H and O–H groups in total. The van der Waals surface area contributed by atoms with E-state index in [0.717, 1.165) is 6.92 Å². The van der Waals surface area contributed by atoms with E-state index in [9.17, 15) is 9.59 Å². The first kappa shape index (κ1) is 15.2. The molecule has 0 aliphatic carbocycles. The number of ether oxygens (including phenoxy) is 1. The van der Waals surface area contributed by atoms with Gasteiger partial charge >= 0.3 is 31.1 Å². The number of carbonyl (C=O) groups excluding carboxylic acids is 2. The van der Waals surface area contributed by atoms with Crippen molar-refractivity contribution in [2.45, 2.75) is 20.8 Å². The summed E-state index contributed by atoms with van der Waals surface area (Å²) in [6.07, 6.45) is 2.53. The third-order valence-corrected chi connectivity index (χ3v) is 1.08. The summed E-state index contributed by atoms with van der Waals surface area (Å²) in [4.78, 5) is 21.3. The van der Waals surface area contributed by atoms with Gasteiger partial charge < -0.3 is 21.7 Å². The molecule has 3 nitrogen and oxygen atoms in total. The number of esters is 2. The zero-order chi connectivity index (χ0) is 9.72. The average Bonchev–Trinajstić information content (AvgIpc) is 1.85. The minimum absolute atomic E-state index is 0. The monoisotopic (exact) mass is 404 g/mol. The van der Waals surface area contributed by atoms with Crippen LogP contribution in [0, 0.1) is 43.8 Å². The van der Waals surface area contributed by atoms with E-state index >= 15 is 0 Å². The Morgan fingerprint density at radius 2 is 1.77 bits per heavy atom. The van der Waals surface area contributed by atoms with Crippen LogP contribution in [-0.2, 0) is 14.3 Å². The summed E-state index contributed by atoms with van der Waals surface area (Å²) in [6, 6.07) is 0. The molecule has 68 valence electrons. The first-order valence-electron chi connectivity index (χ1n) is 3.36. The van der Waals surface area contributed by atoms with Crippen LogP contribution in [-0.4, -0.2) is 11.9 Å². The van der Waals surface area contributed by atoms with Crippen LogP contribution in [0.2, 0.25) is 0 Å². The van der Waals surface area contributed by atoms with Crippen LogP contribution in [0.3, 0.4) is 0 Å². The first-order chi connectivity index (χ1) is 5.49. The van der Waals surface area contributed by atoms with Crippen molar-refractivity contribution in [1.29, 1.82) is 0 Å². The van der Waals surface area contributed by atoms with Crippen molar-refractivity contribution in [1.82, 2.24) is 0 Å². The molecule has 0 heterocycles. The molecule has 0 amide bonds. The Labute approximate surface area is 102 Å². The van der Waals surface area contributed by atoms with Gasteiger partial charge in [-0.1, -0.05) is 0 Å². The molecule has 13 heavy (non-hydrogen) atoms. The Morgan fingerprint density at radius 3 is 2.00 bits per heavy atom. The van der Waals surface area contributed by atoms with Crippen molar-refractivity contribution in [3.05, 3.63) is 23.8 Å². The number of carbonyl (C=O) groups is 2. The predicted octanol–water partition coefficient (Wildman–Crippen LogP) is 1.20. The third-order valence-electron chi connectivity index (χ3n) is 1.08. The Morgan fingerprint density at radius 1 is 1.31 bits per heavy atom. The average molecular weight is 404 g/mol. The van der Waals surface area contributed by atoms with E-state index in [1.807, 2.05) is 0 Å². The van der Waals surface area contributed by atoms with Gasteiger partial charge in [-0.2, -0.15) is 0 Å². The van der Waals surface area contributed by atoms with Crippen molar-refractivity contribution in [2.75, 3.05) is 0 Å². The standard InChI is InChI=1S/C9H10O3.U/c1-5-8(6(2)3)9(11)12-7(4)10;/h2H,1,3-4H3;/q-2;+2. The van der Waals surface area contributed by atoms with Crippen molar-refractivity contribution < 1.29 is 45.4 Å². The fraction of sp³-hybridized carbons (Fsp3) is 0.333. The molecule has 0 unspecified atom stereocenters. The molecule has 0 radical (unpaired) electrons. The molecule has 0 aliphatic heterocycles. The molecule has 0 spiro atoms. The van der Waals surface area contributed by atoms with Crippen molar-refractivity contribution in [2.24, 2.45) is 0 Å². The molecule has 0 bridgehead atoms. The molecule has 0 fully saturated rings.